The highest BCUT2D eigenvalue weighted by Gasteiger charge is 2.12. The van der Waals surface area contributed by atoms with Crippen molar-refractivity contribution in [1.82, 2.24) is 0 Å². The van der Waals surface area contributed by atoms with Crippen LogP contribution in [0.15, 0.2) is 66.7 Å². The Kier molecular flexibility index (Phi) is 5.99. The lowest BCUT2D eigenvalue weighted by atomic mass is 10.1. The lowest BCUT2D eigenvalue weighted by Crippen LogP contribution is -2.13. The maximum absolute atomic E-state index is 12.6. The van der Waals surface area contributed by atoms with Crippen molar-refractivity contribution in [3.63, 3.8) is 0 Å². The second kappa shape index (κ2) is 8.60. The summed E-state index contributed by atoms with van der Waals surface area (Å²) in [7, 11) is 1.59. The van der Waals surface area contributed by atoms with Crippen LogP contribution in [0.4, 0.5) is 5.69 Å². The monoisotopic (exact) mass is 381 g/mol. The van der Waals surface area contributed by atoms with Gasteiger partial charge in [0.1, 0.15) is 18.1 Å². The number of amides is 1. The van der Waals surface area contributed by atoms with Crippen LogP contribution >= 0.6 is 11.6 Å². The van der Waals surface area contributed by atoms with Crippen molar-refractivity contribution in [2.45, 2.75) is 13.5 Å². The number of anilines is 1. The first-order valence-corrected chi connectivity index (χ1v) is 8.87. The SMILES string of the molecule is COc1ccc(C(=O)Nc2ccccc2C)cc1COc1cccc(Cl)c1. The fourth-order valence-corrected chi connectivity index (χ4v) is 2.84. The second-order valence-corrected chi connectivity index (χ2v) is 6.48. The molecule has 0 fully saturated rings. The van der Waals surface area contributed by atoms with Gasteiger partial charge in [0, 0.05) is 21.8 Å². The number of carbonyl (C=O) groups is 1. The standard InChI is InChI=1S/C22H20ClNO3/c1-15-6-3-4-9-20(15)24-22(25)16-10-11-21(26-2)17(12-16)14-27-19-8-5-7-18(23)13-19/h3-13H,14H2,1-2H3,(H,24,25). The molecule has 0 atom stereocenters. The number of nitrogens with one attached hydrogen (secondary N) is 1. The molecule has 0 aliphatic carbocycles. The van der Waals surface area contributed by atoms with E-state index in [9.17, 15) is 4.79 Å². The van der Waals surface area contributed by atoms with Gasteiger partial charge in [-0.2, -0.15) is 0 Å². The predicted molar refractivity (Wildman–Crippen MR) is 108 cm³/mol. The van der Waals surface area contributed by atoms with Crippen molar-refractivity contribution >= 4 is 23.2 Å². The van der Waals surface area contributed by atoms with Gasteiger partial charge in [-0.3, -0.25) is 4.79 Å². The smallest absolute Gasteiger partial charge is 0.255 e. The third-order valence-electron chi connectivity index (χ3n) is 4.13. The van der Waals surface area contributed by atoms with Crippen molar-refractivity contribution in [2.75, 3.05) is 12.4 Å². The van der Waals surface area contributed by atoms with Crippen LogP contribution < -0.4 is 14.8 Å². The van der Waals surface area contributed by atoms with E-state index in [0.29, 0.717) is 22.1 Å². The van der Waals surface area contributed by atoms with Crippen LogP contribution in [-0.4, -0.2) is 13.0 Å². The molecule has 27 heavy (non-hydrogen) atoms. The predicted octanol–water partition coefficient (Wildman–Crippen LogP) is 5.49. The van der Waals surface area contributed by atoms with E-state index in [-0.39, 0.29) is 12.5 Å². The molecular formula is C22H20ClNO3. The zero-order valence-corrected chi connectivity index (χ0v) is 15.9. The van der Waals surface area contributed by atoms with E-state index in [4.69, 9.17) is 21.1 Å². The van der Waals surface area contributed by atoms with Crippen LogP contribution in [0.5, 0.6) is 11.5 Å². The Morgan fingerprint density at radius 2 is 1.85 bits per heavy atom. The summed E-state index contributed by atoms with van der Waals surface area (Å²) in [5, 5.41) is 3.54. The number of hydrogen-bond acceptors (Lipinski definition) is 3. The lowest BCUT2D eigenvalue weighted by Gasteiger charge is -2.13. The number of benzene rings is 3. The molecule has 0 saturated heterocycles. The second-order valence-electron chi connectivity index (χ2n) is 6.04. The molecule has 0 aliphatic rings. The number of halogens is 1. The average molecular weight is 382 g/mol. The normalized spacial score (nSPS) is 10.3. The highest BCUT2D eigenvalue weighted by molar-refractivity contribution is 6.30. The molecule has 0 aromatic heterocycles. The first-order valence-electron chi connectivity index (χ1n) is 8.49. The van der Waals surface area contributed by atoms with Crippen LogP contribution in [0, 0.1) is 6.92 Å². The number of methoxy groups -OCH3 is 1. The third kappa shape index (κ3) is 4.80. The molecule has 0 bridgehead atoms. The van der Waals surface area contributed by atoms with Crippen molar-refractivity contribution in [3.05, 3.63) is 88.4 Å². The Morgan fingerprint density at radius 3 is 2.59 bits per heavy atom. The van der Waals surface area contributed by atoms with E-state index in [2.05, 4.69) is 5.32 Å². The largest absolute Gasteiger partial charge is 0.496 e. The molecule has 4 nitrogen and oxygen atoms in total. The van der Waals surface area contributed by atoms with Gasteiger partial charge in [-0.15, -0.1) is 0 Å². The third-order valence-corrected chi connectivity index (χ3v) is 4.36. The zero-order chi connectivity index (χ0) is 19.2. The van der Waals surface area contributed by atoms with Gasteiger partial charge in [0.2, 0.25) is 0 Å². The van der Waals surface area contributed by atoms with Gasteiger partial charge in [0.15, 0.2) is 0 Å². The molecule has 0 heterocycles. The number of ether oxygens (including phenoxy) is 2. The van der Waals surface area contributed by atoms with Gasteiger partial charge < -0.3 is 14.8 Å². The summed E-state index contributed by atoms with van der Waals surface area (Å²) in [4.78, 5) is 12.6. The Morgan fingerprint density at radius 1 is 1.04 bits per heavy atom. The number of para-hydroxylation sites is 1. The zero-order valence-electron chi connectivity index (χ0n) is 15.2. The van der Waals surface area contributed by atoms with E-state index in [1.807, 2.05) is 43.3 Å². The fourth-order valence-electron chi connectivity index (χ4n) is 2.66. The molecule has 3 aromatic rings. The number of aryl methyl sites for hydroxylation is 1. The Hall–Kier alpha value is -2.98. The first kappa shape index (κ1) is 18.8. The van der Waals surface area contributed by atoms with Crippen molar-refractivity contribution in [2.24, 2.45) is 0 Å². The molecule has 5 heteroatoms. The molecular weight excluding hydrogens is 362 g/mol. The summed E-state index contributed by atoms with van der Waals surface area (Å²) < 4.78 is 11.2. The lowest BCUT2D eigenvalue weighted by molar-refractivity contribution is 0.102. The van der Waals surface area contributed by atoms with E-state index in [1.165, 1.54) is 0 Å². The number of rotatable bonds is 6. The van der Waals surface area contributed by atoms with E-state index < -0.39 is 0 Å². The summed E-state index contributed by atoms with van der Waals surface area (Å²) >= 11 is 5.98. The Bertz CT molecular complexity index is 956. The van der Waals surface area contributed by atoms with Crippen molar-refractivity contribution < 1.29 is 14.3 Å². The van der Waals surface area contributed by atoms with Gasteiger partial charge >= 0.3 is 0 Å². The Labute approximate surface area is 163 Å². The summed E-state index contributed by atoms with van der Waals surface area (Å²) in [6.07, 6.45) is 0. The minimum Gasteiger partial charge on any atom is -0.496 e. The Balaban J connectivity index is 1.78. The fraction of sp³-hybridized carbons (Fsp3) is 0.136. The first-order chi connectivity index (χ1) is 13.1. The van der Waals surface area contributed by atoms with Gasteiger partial charge in [-0.05, 0) is 55.0 Å². The van der Waals surface area contributed by atoms with Gasteiger partial charge in [0.25, 0.3) is 5.91 Å². The maximum Gasteiger partial charge on any atom is 0.255 e. The number of hydrogen-bond donors (Lipinski definition) is 1. The quantitative estimate of drug-likeness (QED) is 0.614. The summed E-state index contributed by atoms with van der Waals surface area (Å²) in [5.41, 5.74) is 3.09. The molecule has 3 rings (SSSR count). The maximum atomic E-state index is 12.6. The van der Waals surface area contributed by atoms with Gasteiger partial charge in [-0.1, -0.05) is 35.9 Å². The van der Waals surface area contributed by atoms with Crippen LogP contribution in [0.25, 0.3) is 0 Å². The summed E-state index contributed by atoms with van der Waals surface area (Å²) in [6.45, 7) is 2.21. The molecule has 3 aromatic carbocycles. The minimum absolute atomic E-state index is 0.184. The molecule has 138 valence electrons. The highest BCUT2D eigenvalue weighted by atomic mass is 35.5. The van der Waals surface area contributed by atoms with Crippen LogP contribution in [0.2, 0.25) is 5.02 Å². The topological polar surface area (TPSA) is 47.6 Å². The van der Waals surface area contributed by atoms with Crippen LogP contribution in [-0.2, 0) is 6.61 Å². The average Bonchev–Trinajstić information content (AvgIpc) is 2.68. The van der Waals surface area contributed by atoms with Crippen LogP contribution in [0.1, 0.15) is 21.5 Å². The number of carbonyl (C=O) groups excluding carboxylic acids is 1. The van der Waals surface area contributed by atoms with Gasteiger partial charge in [0.05, 0.1) is 7.11 Å². The molecule has 0 spiro atoms. The van der Waals surface area contributed by atoms with Crippen molar-refractivity contribution in [3.8, 4) is 11.5 Å². The molecule has 0 aliphatic heterocycles. The molecule has 0 saturated carbocycles. The van der Waals surface area contributed by atoms with Crippen molar-refractivity contribution in [1.29, 1.82) is 0 Å². The summed E-state index contributed by atoms with van der Waals surface area (Å²) in [6, 6.07) is 20.1. The molecule has 0 unspecified atom stereocenters. The van der Waals surface area contributed by atoms with E-state index in [1.54, 1.807) is 37.4 Å². The molecule has 0 radical (unpaired) electrons. The van der Waals surface area contributed by atoms with E-state index in [0.717, 1.165) is 16.8 Å². The molecule has 1 N–H and O–H groups in total. The minimum atomic E-state index is -0.184. The molecule has 1 amide bonds. The van der Waals surface area contributed by atoms with Gasteiger partial charge in [-0.25, -0.2) is 0 Å². The highest BCUT2D eigenvalue weighted by Crippen LogP contribution is 2.24. The summed E-state index contributed by atoms with van der Waals surface area (Å²) in [5.74, 6) is 1.12. The van der Waals surface area contributed by atoms with Crippen LogP contribution in [0.3, 0.4) is 0 Å². The van der Waals surface area contributed by atoms with E-state index >= 15 is 0 Å².